The molecule has 2 atom stereocenters. The van der Waals surface area contributed by atoms with Crippen LogP contribution < -0.4 is 30.7 Å². The Morgan fingerprint density at radius 1 is 0.978 bits per heavy atom. The summed E-state index contributed by atoms with van der Waals surface area (Å²) in [6, 6.07) is 10.2. The van der Waals surface area contributed by atoms with Gasteiger partial charge in [0.05, 0.1) is 23.7 Å². The quantitative estimate of drug-likeness (QED) is 0.335. The van der Waals surface area contributed by atoms with Gasteiger partial charge >= 0.3 is 0 Å². The van der Waals surface area contributed by atoms with Crippen LogP contribution in [0.25, 0.3) is 0 Å². The van der Waals surface area contributed by atoms with Crippen LogP contribution in [0.3, 0.4) is 0 Å². The lowest BCUT2D eigenvalue weighted by atomic mass is 10.0. The first kappa shape index (κ1) is 35.0. The SMILES string of the molecule is CC(C)[C@@H]1COc2ccc(Cl)cc2C(=O)NCCOc2ccccc2C(=O)N[C@H](C(=O)NCCCCN2CCCC2)CCC(=O)N1. The standard InChI is InChI=1S/C34H46ClN5O6/c1-23(2)28-22-46-30-13-11-24(35)21-26(30)32(42)37-16-20-45-29-10-4-3-9-25(29)33(43)39-27(12-14-31(41)38-28)34(44)36-15-5-6-17-40-18-7-8-19-40/h3-4,9-11,13,21,23,27-28H,5-8,12,14-20,22H2,1-2H3,(H,36,44)(H,37,42)(H,38,41)(H,39,43)/t27-,28-/m0/s1. The molecule has 11 nitrogen and oxygen atoms in total. The molecule has 0 radical (unpaired) electrons. The van der Waals surface area contributed by atoms with E-state index in [1.165, 1.54) is 18.9 Å². The Labute approximate surface area is 276 Å². The summed E-state index contributed by atoms with van der Waals surface area (Å²) in [7, 11) is 0. The van der Waals surface area contributed by atoms with Crippen molar-refractivity contribution in [2.75, 3.05) is 45.9 Å². The molecule has 2 heterocycles. The zero-order valence-corrected chi connectivity index (χ0v) is 27.5. The molecule has 1 saturated heterocycles. The summed E-state index contributed by atoms with van der Waals surface area (Å²) in [4.78, 5) is 55.4. The summed E-state index contributed by atoms with van der Waals surface area (Å²) >= 11 is 6.19. The van der Waals surface area contributed by atoms with Crippen molar-refractivity contribution in [1.82, 2.24) is 26.2 Å². The summed E-state index contributed by atoms with van der Waals surface area (Å²) in [5, 5.41) is 12.0. The summed E-state index contributed by atoms with van der Waals surface area (Å²) in [5.41, 5.74) is 0.494. The molecule has 0 aromatic heterocycles. The third-order valence-corrected chi connectivity index (χ3v) is 8.45. The first-order valence-corrected chi connectivity index (χ1v) is 16.6. The number of rotatable bonds is 7. The maximum absolute atomic E-state index is 13.5. The van der Waals surface area contributed by atoms with Gasteiger partial charge in [0.25, 0.3) is 11.8 Å². The molecule has 4 rings (SSSR count). The second-order valence-electron chi connectivity index (χ2n) is 12.1. The van der Waals surface area contributed by atoms with E-state index in [9.17, 15) is 19.2 Å². The van der Waals surface area contributed by atoms with Crippen LogP contribution >= 0.6 is 11.6 Å². The van der Waals surface area contributed by atoms with Gasteiger partial charge in [-0.2, -0.15) is 0 Å². The van der Waals surface area contributed by atoms with E-state index in [2.05, 4.69) is 26.2 Å². The maximum Gasteiger partial charge on any atom is 0.255 e. The van der Waals surface area contributed by atoms with Crippen LogP contribution in [0.15, 0.2) is 42.5 Å². The highest BCUT2D eigenvalue weighted by Gasteiger charge is 2.26. The van der Waals surface area contributed by atoms with Crippen molar-refractivity contribution in [3.05, 3.63) is 58.6 Å². The minimum atomic E-state index is -0.934. The number of unbranched alkanes of at least 4 members (excludes halogenated alkanes) is 1. The van der Waals surface area contributed by atoms with Crippen molar-refractivity contribution in [2.24, 2.45) is 5.92 Å². The Morgan fingerprint density at radius 2 is 1.74 bits per heavy atom. The molecule has 4 amide bonds. The molecule has 12 heteroatoms. The lowest BCUT2D eigenvalue weighted by Gasteiger charge is -2.24. The van der Waals surface area contributed by atoms with Gasteiger partial charge in [0.2, 0.25) is 11.8 Å². The van der Waals surface area contributed by atoms with Crippen LogP contribution in [0.1, 0.15) is 73.1 Å². The molecule has 1 fully saturated rings. The van der Waals surface area contributed by atoms with E-state index in [-0.39, 0.29) is 67.5 Å². The Morgan fingerprint density at radius 3 is 2.52 bits per heavy atom. The third-order valence-electron chi connectivity index (χ3n) is 8.21. The minimum absolute atomic E-state index is 0.00327. The molecule has 0 aliphatic carbocycles. The molecular formula is C34H46ClN5O6. The topological polar surface area (TPSA) is 138 Å². The normalized spacial score (nSPS) is 20.4. The second-order valence-corrected chi connectivity index (χ2v) is 12.5. The van der Waals surface area contributed by atoms with Crippen molar-refractivity contribution in [3.8, 4) is 11.5 Å². The highest BCUT2D eigenvalue weighted by molar-refractivity contribution is 6.31. The van der Waals surface area contributed by atoms with Crippen molar-refractivity contribution in [1.29, 1.82) is 0 Å². The van der Waals surface area contributed by atoms with E-state index in [1.54, 1.807) is 36.4 Å². The molecule has 0 unspecified atom stereocenters. The fraction of sp³-hybridized carbons (Fsp3) is 0.529. The van der Waals surface area contributed by atoms with E-state index in [0.29, 0.717) is 23.1 Å². The average Bonchev–Trinajstić information content (AvgIpc) is 3.56. The zero-order valence-electron chi connectivity index (χ0n) is 26.7. The van der Waals surface area contributed by atoms with E-state index in [1.807, 2.05) is 13.8 Å². The summed E-state index contributed by atoms with van der Waals surface area (Å²) in [6.45, 7) is 8.02. The van der Waals surface area contributed by atoms with Crippen LogP contribution in [-0.4, -0.2) is 86.5 Å². The Balaban J connectivity index is 1.49. The number of nitrogens with zero attached hydrogens (tertiary/aromatic N) is 1. The molecule has 2 aromatic rings. The predicted molar refractivity (Wildman–Crippen MR) is 176 cm³/mol. The van der Waals surface area contributed by atoms with Crippen molar-refractivity contribution in [2.45, 2.75) is 64.5 Å². The molecule has 2 aliphatic heterocycles. The number of amides is 4. The number of carbonyl (C=O) groups excluding carboxylic acids is 4. The first-order valence-electron chi connectivity index (χ1n) is 16.2. The molecule has 2 aromatic carbocycles. The number of carbonyl (C=O) groups is 4. The van der Waals surface area contributed by atoms with Gasteiger partial charge in [-0.05, 0) is 88.0 Å². The Bertz CT molecular complexity index is 1350. The Hall–Kier alpha value is -3.83. The second kappa shape index (κ2) is 17.8. The van der Waals surface area contributed by atoms with Crippen LogP contribution in [0, 0.1) is 5.92 Å². The van der Waals surface area contributed by atoms with Gasteiger partial charge in [-0.1, -0.05) is 37.6 Å². The van der Waals surface area contributed by atoms with Crippen molar-refractivity contribution in [3.63, 3.8) is 0 Å². The van der Waals surface area contributed by atoms with Gasteiger partial charge in [0.1, 0.15) is 30.8 Å². The van der Waals surface area contributed by atoms with Gasteiger partial charge in [-0.15, -0.1) is 0 Å². The number of hydrogen-bond acceptors (Lipinski definition) is 7. The van der Waals surface area contributed by atoms with Gasteiger partial charge in [0, 0.05) is 18.0 Å². The molecule has 2 aliphatic rings. The summed E-state index contributed by atoms with van der Waals surface area (Å²) in [6.07, 6.45) is 4.38. The predicted octanol–water partition coefficient (Wildman–Crippen LogP) is 3.55. The first-order chi connectivity index (χ1) is 22.2. The number of halogens is 1. The van der Waals surface area contributed by atoms with Crippen LogP contribution in [0.2, 0.25) is 5.02 Å². The van der Waals surface area contributed by atoms with Gasteiger partial charge in [-0.25, -0.2) is 0 Å². The monoisotopic (exact) mass is 655 g/mol. The highest BCUT2D eigenvalue weighted by Crippen LogP contribution is 2.24. The number of para-hydroxylation sites is 1. The number of likely N-dealkylation sites (tertiary alicyclic amines) is 1. The lowest BCUT2D eigenvalue weighted by molar-refractivity contribution is -0.124. The number of hydrogen-bond donors (Lipinski definition) is 4. The van der Waals surface area contributed by atoms with E-state index < -0.39 is 17.9 Å². The van der Waals surface area contributed by atoms with E-state index in [0.717, 1.165) is 32.5 Å². The van der Waals surface area contributed by atoms with E-state index >= 15 is 0 Å². The molecule has 0 spiro atoms. The number of benzene rings is 2. The molecular weight excluding hydrogens is 610 g/mol. The van der Waals surface area contributed by atoms with Gasteiger partial charge < -0.3 is 35.6 Å². The van der Waals surface area contributed by atoms with Crippen LogP contribution in [-0.2, 0) is 9.59 Å². The number of fused-ring (bicyclic) bond motifs is 2. The van der Waals surface area contributed by atoms with Gasteiger partial charge in [0.15, 0.2) is 0 Å². The van der Waals surface area contributed by atoms with Crippen LogP contribution in [0.5, 0.6) is 11.5 Å². The van der Waals surface area contributed by atoms with E-state index in [4.69, 9.17) is 21.1 Å². The zero-order chi connectivity index (χ0) is 32.9. The lowest BCUT2D eigenvalue weighted by Crippen LogP contribution is -2.48. The van der Waals surface area contributed by atoms with Gasteiger partial charge in [-0.3, -0.25) is 19.2 Å². The molecule has 0 saturated carbocycles. The Kier molecular flexibility index (Phi) is 13.5. The molecule has 0 bridgehead atoms. The largest absolute Gasteiger partial charge is 0.491 e. The molecule has 46 heavy (non-hydrogen) atoms. The smallest absolute Gasteiger partial charge is 0.255 e. The third kappa shape index (κ3) is 10.6. The fourth-order valence-corrected chi connectivity index (χ4v) is 5.62. The number of ether oxygens (including phenoxy) is 2. The highest BCUT2D eigenvalue weighted by atomic mass is 35.5. The molecule has 250 valence electrons. The average molecular weight is 656 g/mol. The van der Waals surface area contributed by atoms with Crippen LogP contribution in [0.4, 0.5) is 0 Å². The minimum Gasteiger partial charge on any atom is -0.491 e. The summed E-state index contributed by atoms with van der Waals surface area (Å²) < 4.78 is 11.9. The molecule has 4 N–H and O–H groups in total. The maximum atomic E-state index is 13.5. The van der Waals surface area contributed by atoms with Crippen molar-refractivity contribution < 1.29 is 28.7 Å². The fourth-order valence-electron chi connectivity index (χ4n) is 5.45. The van der Waals surface area contributed by atoms with Crippen molar-refractivity contribution >= 4 is 35.2 Å². The number of nitrogens with one attached hydrogen (secondary N) is 4. The summed E-state index contributed by atoms with van der Waals surface area (Å²) in [5.74, 6) is -0.876.